The van der Waals surface area contributed by atoms with E-state index in [-0.39, 0.29) is 6.04 Å². The molecule has 3 nitrogen and oxygen atoms in total. The molecule has 0 bridgehead atoms. The fourth-order valence-electron chi connectivity index (χ4n) is 3.34. The van der Waals surface area contributed by atoms with E-state index in [0.717, 1.165) is 19.4 Å². The highest BCUT2D eigenvalue weighted by atomic mass is 16.5. The maximum Gasteiger partial charge on any atom is 0.0620 e. The smallest absolute Gasteiger partial charge is 0.0620 e. The van der Waals surface area contributed by atoms with Crippen LogP contribution in [0.5, 0.6) is 0 Å². The van der Waals surface area contributed by atoms with Gasteiger partial charge in [0.15, 0.2) is 0 Å². The normalized spacial score (nSPS) is 24.1. The van der Waals surface area contributed by atoms with Crippen LogP contribution in [0.15, 0.2) is 42.5 Å². The van der Waals surface area contributed by atoms with E-state index >= 15 is 0 Å². The Morgan fingerprint density at radius 2 is 2.05 bits per heavy atom. The minimum absolute atomic E-state index is 0.159. The third kappa shape index (κ3) is 2.44. The van der Waals surface area contributed by atoms with E-state index in [2.05, 4.69) is 54.8 Å². The zero-order valence-electron chi connectivity index (χ0n) is 11.9. The lowest BCUT2D eigenvalue weighted by atomic mass is 9.86. The molecule has 0 radical (unpaired) electrons. The van der Waals surface area contributed by atoms with Crippen LogP contribution in [0.2, 0.25) is 0 Å². The van der Waals surface area contributed by atoms with Gasteiger partial charge in [-0.05, 0) is 35.2 Å². The summed E-state index contributed by atoms with van der Waals surface area (Å²) in [7, 11) is 0. The molecule has 0 spiro atoms. The first kappa shape index (κ1) is 13.6. The maximum absolute atomic E-state index is 5.84. The number of hydrogen-bond donors (Lipinski definition) is 2. The van der Waals surface area contributed by atoms with E-state index in [1.165, 1.54) is 16.3 Å². The monoisotopic (exact) mass is 270 g/mol. The summed E-state index contributed by atoms with van der Waals surface area (Å²) < 4.78 is 5.81. The van der Waals surface area contributed by atoms with Crippen LogP contribution in [-0.4, -0.2) is 12.7 Å². The summed E-state index contributed by atoms with van der Waals surface area (Å²) in [5, 5.41) is 2.53. The Labute approximate surface area is 120 Å². The quantitative estimate of drug-likeness (QED) is 0.662. The van der Waals surface area contributed by atoms with E-state index in [9.17, 15) is 0 Å². The molecule has 106 valence electrons. The average molecular weight is 270 g/mol. The van der Waals surface area contributed by atoms with Gasteiger partial charge in [-0.25, -0.2) is 0 Å². The number of hydrogen-bond acceptors (Lipinski definition) is 3. The number of benzene rings is 2. The van der Waals surface area contributed by atoms with Crippen molar-refractivity contribution in [2.24, 2.45) is 11.8 Å². The first-order valence-corrected chi connectivity index (χ1v) is 7.40. The lowest BCUT2D eigenvalue weighted by Gasteiger charge is -2.27. The van der Waals surface area contributed by atoms with Crippen molar-refractivity contribution in [3.63, 3.8) is 0 Å². The van der Waals surface area contributed by atoms with Gasteiger partial charge in [-0.15, -0.1) is 0 Å². The molecule has 1 heterocycles. The lowest BCUT2D eigenvalue weighted by molar-refractivity contribution is 0.0774. The van der Waals surface area contributed by atoms with E-state index in [0.29, 0.717) is 12.0 Å². The van der Waals surface area contributed by atoms with Gasteiger partial charge in [0.2, 0.25) is 0 Å². The SMILES string of the molecule is CCC1OCCC1C(NN)c1ccc2ccccc2c1. The minimum atomic E-state index is 0.159. The van der Waals surface area contributed by atoms with Crippen LogP contribution in [0.25, 0.3) is 10.8 Å². The van der Waals surface area contributed by atoms with E-state index < -0.39 is 0 Å². The third-order valence-corrected chi connectivity index (χ3v) is 4.40. The van der Waals surface area contributed by atoms with Crippen LogP contribution in [0.3, 0.4) is 0 Å². The molecule has 3 atom stereocenters. The molecule has 1 fully saturated rings. The molecule has 1 aliphatic rings. The molecule has 3 rings (SSSR count). The summed E-state index contributed by atoms with van der Waals surface area (Å²) >= 11 is 0. The molecule has 20 heavy (non-hydrogen) atoms. The van der Waals surface area contributed by atoms with Gasteiger partial charge in [0.1, 0.15) is 0 Å². The predicted octanol–water partition coefficient (Wildman–Crippen LogP) is 3.16. The van der Waals surface area contributed by atoms with Crippen molar-refractivity contribution in [1.82, 2.24) is 5.43 Å². The van der Waals surface area contributed by atoms with Gasteiger partial charge in [-0.3, -0.25) is 11.3 Å². The standard InChI is InChI=1S/C17H22N2O/c1-2-16-15(9-10-20-16)17(19-18)14-8-7-12-5-3-4-6-13(12)11-14/h3-8,11,15-17,19H,2,9-10,18H2,1H3. The molecular formula is C17H22N2O. The fraction of sp³-hybridized carbons (Fsp3) is 0.412. The first-order valence-electron chi connectivity index (χ1n) is 7.40. The molecule has 1 aliphatic heterocycles. The summed E-state index contributed by atoms with van der Waals surface area (Å²) in [4.78, 5) is 0. The molecule has 3 unspecified atom stereocenters. The zero-order chi connectivity index (χ0) is 13.9. The summed E-state index contributed by atoms with van der Waals surface area (Å²) in [6, 6.07) is 15.2. The van der Waals surface area contributed by atoms with Crippen LogP contribution in [0, 0.1) is 5.92 Å². The van der Waals surface area contributed by atoms with E-state index in [4.69, 9.17) is 10.6 Å². The number of nitrogens with two attached hydrogens (primary N) is 1. The van der Waals surface area contributed by atoms with Gasteiger partial charge >= 0.3 is 0 Å². The molecule has 2 aromatic carbocycles. The number of ether oxygens (including phenoxy) is 1. The number of hydrazine groups is 1. The zero-order valence-corrected chi connectivity index (χ0v) is 11.9. The molecule has 0 aliphatic carbocycles. The Morgan fingerprint density at radius 1 is 1.25 bits per heavy atom. The Morgan fingerprint density at radius 3 is 2.80 bits per heavy atom. The van der Waals surface area contributed by atoms with E-state index in [1.807, 2.05) is 0 Å². The molecule has 2 aromatic rings. The summed E-state index contributed by atoms with van der Waals surface area (Å²) in [5.74, 6) is 6.29. The first-order chi connectivity index (χ1) is 9.83. The van der Waals surface area contributed by atoms with Crippen LogP contribution in [0.1, 0.15) is 31.4 Å². The molecular weight excluding hydrogens is 248 g/mol. The van der Waals surface area contributed by atoms with Crippen molar-refractivity contribution in [1.29, 1.82) is 0 Å². The average Bonchev–Trinajstić information content (AvgIpc) is 2.96. The number of fused-ring (bicyclic) bond motifs is 1. The van der Waals surface area contributed by atoms with Crippen molar-refractivity contribution >= 4 is 10.8 Å². The Hall–Kier alpha value is -1.42. The fourth-order valence-corrected chi connectivity index (χ4v) is 3.34. The van der Waals surface area contributed by atoms with Gasteiger partial charge in [0.25, 0.3) is 0 Å². The lowest BCUT2D eigenvalue weighted by Crippen LogP contribution is -2.36. The van der Waals surface area contributed by atoms with E-state index in [1.54, 1.807) is 0 Å². The molecule has 0 amide bonds. The highest BCUT2D eigenvalue weighted by Crippen LogP contribution is 2.35. The second-order valence-corrected chi connectivity index (χ2v) is 5.52. The highest BCUT2D eigenvalue weighted by Gasteiger charge is 2.33. The van der Waals surface area contributed by atoms with Crippen molar-refractivity contribution in [2.75, 3.05) is 6.61 Å². The van der Waals surface area contributed by atoms with Crippen LogP contribution in [-0.2, 0) is 4.74 Å². The summed E-state index contributed by atoms with van der Waals surface area (Å²) in [6.45, 7) is 3.02. The predicted molar refractivity (Wildman–Crippen MR) is 82.2 cm³/mol. The number of nitrogens with one attached hydrogen (secondary N) is 1. The highest BCUT2D eigenvalue weighted by molar-refractivity contribution is 5.83. The van der Waals surface area contributed by atoms with Crippen LogP contribution >= 0.6 is 0 Å². The van der Waals surface area contributed by atoms with Crippen molar-refractivity contribution in [2.45, 2.75) is 31.9 Å². The molecule has 0 aromatic heterocycles. The van der Waals surface area contributed by atoms with Gasteiger partial charge in [-0.2, -0.15) is 0 Å². The number of rotatable bonds is 4. The van der Waals surface area contributed by atoms with Crippen molar-refractivity contribution in [3.8, 4) is 0 Å². The van der Waals surface area contributed by atoms with Crippen molar-refractivity contribution < 1.29 is 4.74 Å². The van der Waals surface area contributed by atoms with Gasteiger partial charge in [0.05, 0.1) is 12.1 Å². The molecule has 3 N–H and O–H groups in total. The van der Waals surface area contributed by atoms with Gasteiger partial charge < -0.3 is 4.74 Å². The Balaban J connectivity index is 1.94. The van der Waals surface area contributed by atoms with Crippen LogP contribution < -0.4 is 11.3 Å². The summed E-state index contributed by atoms with van der Waals surface area (Å²) in [6.07, 6.45) is 2.42. The molecule has 1 saturated heterocycles. The van der Waals surface area contributed by atoms with Crippen LogP contribution in [0.4, 0.5) is 0 Å². The van der Waals surface area contributed by atoms with Crippen molar-refractivity contribution in [3.05, 3.63) is 48.0 Å². The molecule has 0 saturated carbocycles. The van der Waals surface area contributed by atoms with Gasteiger partial charge in [0, 0.05) is 12.5 Å². The third-order valence-electron chi connectivity index (χ3n) is 4.40. The topological polar surface area (TPSA) is 47.3 Å². The largest absolute Gasteiger partial charge is 0.378 e. The maximum atomic E-state index is 5.84. The molecule has 3 heteroatoms. The minimum Gasteiger partial charge on any atom is -0.378 e. The van der Waals surface area contributed by atoms with Gasteiger partial charge in [-0.1, -0.05) is 43.3 Å². The summed E-state index contributed by atoms with van der Waals surface area (Å²) in [5.41, 5.74) is 4.26. The second kappa shape index (κ2) is 5.92. The Kier molecular flexibility index (Phi) is 4.01. The second-order valence-electron chi connectivity index (χ2n) is 5.52. The Bertz CT molecular complexity index is 584.